The zero-order chi connectivity index (χ0) is 16.2. The Morgan fingerprint density at radius 2 is 2.13 bits per heavy atom. The topological polar surface area (TPSA) is 80.9 Å². The Morgan fingerprint density at radius 1 is 1.35 bits per heavy atom. The summed E-state index contributed by atoms with van der Waals surface area (Å²) in [6, 6.07) is 5.49. The predicted octanol–water partition coefficient (Wildman–Crippen LogP) is 2.61. The van der Waals surface area contributed by atoms with E-state index in [9.17, 15) is 4.79 Å². The first kappa shape index (κ1) is 15.6. The molecule has 3 rings (SSSR count). The second-order valence-corrected chi connectivity index (χ2v) is 6.18. The molecule has 0 bridgehead atoms. The van der Waals surface area contributed by atoms with E-state index in [-0.39, 0.29) is 5.78 Å². The van der Waals surface area contributed by atoms with Gasteiger partial charge in [-0.05, 0) is 62.5 Å². The van der Waals surface area contributed by atoms with E-state index in [0.29, 0.717) is 23.6 Å². The number of rotatable bonds is 4. The Morgan fingerprint density at radius 3 is 2.87 bits per heavy atom. The van der Waals surface area contributed by atoms with Gasteiger partial charge in [0.1, 0.15) is 6.33 Å². The van der Waals surface area contributed by atoms with Gasteiger partial charge < -0.3 is 11.1 Å². The van der Waals surface area contributed by atoms with Crippen molar-refractivity contribution in [3.8, 4) is 11.3 Å². The fourth-order valence-electron chi connectivity index (χ4n) is 3.08. The van der Waals surface area contributed by atoms with E-state index in [1.54, 1.807) is 12.3 Å². The molecule has 23 heavy (non-hydrogen) atoms. The Bertz CT molecular complexity index is 708. The van der Waals surface area contributed by atoms with Gasteiger partial charge >= 0.3 is 0 Å². The van der Waals surface area contributed by atoms with Crippen molar-refractivity contribution in [2.24, 2.45) is 5.92 Å². The first-order valence-corrected chi connectivity index (χ1v) is 8.05. The highest BCUT2D eigenvalue weighted by Gasteiger charge is 2.19. The van der Waals surface area contributed by atoms with Crippen LogP contribution in [-0.2, 0) is 0 Å². The van der Waals surface area contributed by atoms with Gasteiger partial charge in [0.2, 0.25) is 0 Å². The van der Waals surface area contributed by atoms with Crippen molar-refractivity contribution < 1.29 is 4.79 Å². The van der Waals surface area contributed by atoms with E-state index >= 15 is 0 Å². The maximum absolute atomic E-state index is 12.6. The van der Waals surface area contributed by atoms with Gasteiger partial charge in [-0.25, -0.2) is 9.97 Å². The summed E-state index contributed by atoms with van der Waals surface area (Å²) in [5.41, 5.74) is 9.98. The number of nitrogens with zero attached hydrogens (tertiary/aromatic N) is 2. The van der Waals surface area contributed by atoms with Gasteiger partial charge in [0.25, 0.3) is 0 Å². The first-order valence-electron chi connectivity index (χ1n) is 8.05. The van der Waals surface area contributed by atoms with Crippen LogP contribution in [0.1, 0.15) is 35.2 Å². The number of anilines is 1. The van der Waals surface area contributed by atoms with Gasteiger partial charge in [-0.3, -0.25) is 4.79 Å². The summed E-state index contributed by atoms with van der Waals surface area (Å²) in [5, 5.41) is 3.33. The van der Waals surface area contributed by atoms with Crippen molar-refractivity contribution in [2.45, 2.75) is 26.2 Å². The van der Waals surface area contributed by atoms with Crippen LogP contribution in [0.5, 0.6) is 0 Å². The van der Waals surface area contributed by atoms with E-state index in [0.717, 1.165) is 42.8 Å². The lowest BCUT2D eigenvalue weighted by Crippen LogP contribution is -2.28. The zero-order valence-corrected chi connectivity index (χ0v) is 13.4. The number of piperidine rings is 1. The van der Waals surface area contributed by atoms with Gasteiger partial charge in [-0.1, -0.05) is 0 Å². The monoisotopic (exact) mass is 310 g/mol. The normalized spacial score (nSPS) is 15.5. The van der Waals surface area contributed by atoms with Crippen LogP contribution in [0.25, 0.3) is 11.3 Å². The van der Waals surface area contributed by atoms with Gasteiger partial charge in [0.05, 0.1) is 5.69 Å². The lowest BCUT2D eigenvalue weighted by molar-refractivity contribution is 0.0952. The molecule has 0 saturated carbocycles. The SMILES string of the molecule is Cc1cncnc1-c1cc(C(=O)CC2CCNCC2)ccc1N. The number of benzene rings is 1. The molecule has 2 aromatic rings. The highest BCUT2D eigenvalue weighted by molar-refractivity contribution is 5.98. The lowest BCUT2D eigenvalue weighted by Gasteiger charge is -2.22. The number of nitrogen functional groups attached to an aromatic ring is 1. The largest absolute Gasteiger partial charge is 0.398 e. The molecule has 1 aromatic carbocycles. The Labute approximate surface area is 136 Å². The van der Waals surface area contributed by atoms with E-state index in [1.165, 1.54) is 6.33 Å². The van der Waals surface area contributed by atoms with Crippen LogP contribution >= 0.6 is 0 Å². The van der Waals surface area contributed by atoms with Crippen LogP contribution in [0, 0.1) is 12.8 Å². The summed E-state index contributed by atoms with van der Waals surface area (Å²) >= 11 is 0. The molecule has 2 heterocycles. The Hall–Kier alpha value is -2.27. The third-order valence-electron chi connectivity index (χ3n) is 4.46. The highest BCUT2D eigenvalue weighted by Crippen LogP contribution is 2.28. The average Bonchev–Trinajstić information content (AvgIpc) is 2.57. The molecule has 5 heteroatoms. The van der Waals surface area contributed by atoms with E-state index in [2.05, 4.69) is 15.3 Å². The van der Waals surface area contributed by atoms with Crippen LogP contribution in [-0.4, -0.2) is 28.8 Å². The Balaban J connectivity index is 1.85. The summed E-state index contributed by atoms with van der Waals surface area (Å²) in [7, 11) is 0. The number of carbonyl (C=O) groups excluding carboxylic acids is 1. The fourth-order valence-corrected chi connectivity index (χ4v) is 3.08. The molecule has 0 atom stereocenters. The van der Waals surface area contributed by atoms with Crippen LogP contribution in [0.4, 0.5) is 5.69 Å². The van der Waals surface area contributed by atoms with Crippen LogP contribution < -0.4 is 11.1 Å². The second kappa shape index (κ2) is 6.87. The maximum Gasteiger partial charge on any atom is 0.163 e. The number of hydrogen-bond acceptors (Lipinski definition) is 5. The third kappa shape index (κ3) is 3.56. The van der Waals surface area contributed by atoms with Crippen molar-refractivity contribution in [3.05, 3.63) is 41.9 Å². The van der Waals surface area contributed by atoms with Gasteiger partial charge in [0, 0.05) is 29.4 Å². The van der Waals surface area contributed by atoms with Crippen molar-refractivity contribution in [1.29, 1.82) is 0 Å². The number of ketones is 1. The molecular formula is C18H22N4O. The van der Waals surface area contributed by atoms with E-state index in [4.69, 9.17) is 5.73 Å². The maximum atomic E-state index is 12.6. The lowest BCUT2D eigenvalue weighted by atomic mass is 9.90. The molecule has 0 spiro atoms. The van der Waals surface area contributed by atoms with Crippen LogP contribution in [0.3, 0.4) is 0 Å². The second-order valence-electron chi connectivity index (χ2n) is 6.18. The zero-order valence-electron chi connectivity index (χ0n) is 13.4. The van der Waals surface area contributed by atoms with Crippen molar-refractivity contribution in [2.75, 3.05) is 18.8 Å². The van der Waals surface area contributed by atoms with Gasteiger partial charge in [0.15, 0.2) is 5.78 Å². The minimum Gasteiger partial charge on any atom is -0.398 e. The summed E-state index contributed by atoms with van der Waals surface area (Å²) in [6.07, 6.45) is 6.00. The van der Waals surface area contributed by atoms with Crippen molar-refractivity contribution >= 4 is 11.5 Å². The number of aryl methyl sites for hydroxylation is 1. The molecule has 0 aliphatic carbocycles. The van der Waals surface area contributed by atoms with Crippen molar-refractivity contribution in [1.82, 2.24) is 15.3 Å². The molecule has 3 N–H and O–H groups in total. The fraction of sp³-hybridized carbons (Fsp3) is 0.389. The van der Waals surface area contributed by atoms with E-state index < -0.39 is 0 Å². The summed E-state index contributed by atoms with van der Waals surface area (Å²) in [5.74, 6) is 0.662. The van der Waals surface area contributed by atoms with Crippen LogP contribution in [0.15, 0.2) is 30.7 Å². The average molecular weight is 310 g/mol. The van der Waals surface area contributed by atoms with Gasteiger partial charge in [-0.15, -0.1) is 0 Å². The number of aromatic nitrogens is 2. The smallest absolute Gasteiger partial charge is 0.163 e. The number of nitrogens with one attached hydrogen (secondary N) is 1. The molecule has 1 aliphatic heterocycles. The molecule has 1 fully saturated rings. The molecule has 0 unspecified atom stereocenters. The Kier molecular flexibility index (Phi) is 4.67. The number of carbonyl (C=O) groups is 1. The van der Waals surface area contributed by atoms with Gasteiger partial charge in [-0.2, -0.15) is 0 Å². The number of nitrogens with two attached hydrogens (primary N) is 1. The standard InChI is InChI=1S/C18H22N4O/c1-12-10-21-11-22-18(12)15-9-14(2-3-16(15)19)17(23)8-13-4-6-20-7-5-13/h2-3,9-11,13,20H,4-8,19H2,1H3. The van der Waals surface area contributed by atoms with Crippen molar-refractivity contribution in [3.63, 3.8) is 0 Å². The third-order valence-corrected chi connectivity index (χ3v) is 4.46. The predicted molar refractivity (Wildman–Crippen MR) is 91.2 cm³/mol. The first-order chi connectivity index (χ1) is 11.1. The molecule has 0 radical (unpaired) electrons. The summed E-state index contributed by atoms with van der Waals surface area (Å²) in [6.45, 7) is 3.95. The highest BCUT2D eigenvalue weighted by atomic mass is 16.1. The quantitative estimate of drug-likeness (QED) is 0.670. The van der Waals surface area contributed by atoms with Crippen LogP contribution in [0.2, 0.25) is 0 Å². The molecular weight excluding hydrogens is 288 g/mol. The molecule has 1 aliphatic rings. The number of Topliss-reactive ketones (excluding diaryl/α,β-unsaturated/α-hetero) is 1. The summed E-state index contributed by atoms with van der Waals surface area (Å²) < 4.78 is 0. The molecule has 0 amide bonds. The molecule has 5 nitrogen and oxygen atoms in total. The molecule has 120 valence electrons. The summed E-state index contributed by atoms with van der Waals surface area (Å²) in [4.78, 5) is 20.9. The van der Waals surface area contributed by atoms with E-state index in [1.807, 2.05) is 19.1 Å². The minimum atomic E-state index is 0.185. The molecule has 1 saturated heterocycles. The minimum absolute atomic E-state index is 0.185. The molecule has 1 aromatic heterocycles. The number of hydrogen-bond donors (Lipinski definition) is 2.